The Morgan fingerprint density at radius 3 is 2.10 bits per heavy atom. The van der Waals surface area contributed by atoms with E-state index < -0.39 is 20.3 Å². The Labute approximate surface area is 177 Å². The third-order valence-corrected chi connectivity index (χ3v) is 9.88. The molecule has 0 N–H and O–H groups in total. The third kappa shape index (κ3) is 8.17. The van der Waals surface area contributed by atoms with E-state index in [1.165, 1.54) is 5.57 Å². The number of rotatable bonds is 9. The van der Waals surface area contributed by atoms with Crippen LogP contribution in [0, 0.1) is 5.92 Å². The van der Waals surface area contributed by atoms with E-state index in [9.17, 15) is 9.59 Å². The van der Waals surface area contributed by atoms with Gasteiger partial charge in [0, 0.05) is 0 Å². The molecule has 0 fully saturated rings. The van der Waals surface area contributed by atoms with Crippen LogP contribution < -0.4 is 0 Å². The van der Waals surface area contributed by atoms with Crippen LogP contribution in [0.4, 0.5) is 0 Å². The summed E-state index contributed by atoms with van der Waals surface area (Å²) in [5, 5.41) is -0.0975. The predicted octanol–water partition coefficient (Wildman–Crippen LogP) is 6.78. The summed E-state index contributed by atoms with van der Waals surface area (Å²) in [6.07, 6.45) is 5.14. The molecule has 1 aromatic carbocycles. The summed E-state index contributed by atoms with van der Waals surface area (Å²) >= 11 is 0. The van der Waals surface area contributed by atoms with E-state index in [1.807, 2.05) is 13.1 Å². The lowest BCUT2D eigenvalue weighted by molar-refractivity contribution is 0.0475. The van der Waals surface area contributed by atoms with Gasteiger partial charge < -0.3 is 9.16 Å². The molecule has 0 aromatic heterocycles. The van der Waals surface area contributed by atoms with E-state index in [0.717, 1.165) is 19.3 Å². The zero-order valence-electron chi connectivity index (χ0n) is 19.4. The Balaban J connectivity index is 2.72. The minimum Gasteiger partial charge on any atom is -0.516 e. The molecule has 4 nitrogen and oxygen atoms in total. The van der Waals surface area contributed by atoms with Gasteiger partial charge in [-0.1, -0.05) is 51.5 Å². The first kappa shape index (κ1) is 25.2. The Morgan fingerprint density at radius 2 is 1.59 bits per heavy atom. The maximum absolute atomic E-state index is 12.8. The zero-order valence-corrected chi connectivity index (χ0v) is 20.4. The molecule has 1 aromatic rings. The van der Waals surface area contributed by atoms with E-state index in [1.54, 1.807) is 24.3 Å². The first-order valence-corrected chi connectivity index (χ1v) is 13.4. The van der Waals surface area contributed by atoms with Gasteiger partial charge in [0.15, 0.2) is 0 Å². The Kier molecular flexibility index (Phi) is 9.34. The molecule has 1 atom stereocenters. The normalized spacial score (nSPS) is 12.8. The van der Waals surface area contributed by atoms with Crippen LogP contribution in [0.1, 0.15) is 81.5 Å². The summed E-state index contributed by atoms with van der Waals surface area (Å²) in [5.41, 5.74) is 1.87. The Morgan fingerprint density at radius 1 is 1.03 bits per heavy atom. The van der Waals surface area contributed by atoms with Gasteiger partial charge in [-0.15, -0.1) is 0 Å². The number of allylic oxidation sites excluding steroid dienone is 2. The fourth-order valence-electron chi connectivity index (χ4n) is 2.51. The van der Waals surface area contributed by atoms with Crippen LogP contribution in [0.15, 0.2) is 35.9 Å². The van der Waals surface area contributed by atoms with Crippen molar-refractivity contribution in [2.45, 2.75) is 78.9 Å². The standard InChI is InChI=1S/C24H38O4Si/c1-18(2)12-11-13-19(3)16-17-27-22(25)20-14-9-10-15-21(20)23(26)28-29(7,8)24(4,5)6/h9-10,12,14-15,19H,11,13,16-17H2,1-8H3. The van der Waals surface area contributed by atoms with Crippen LogP contribution in [0.3, 0.4) is 0 Å². The molecule has 0 radical (unpaired) electrons. The van der Waals surface area contributed by atoms with Gasteiger partial charge in [0.25, 0.3) is 8.32 Å². The van der Waals surface area contributed by atoms with Crippen molar-refractivity contribution in [1.29, 1.82) is 0 Å². The lowest BCUT2D eigenvalue weighted by Gasteiger charge is -2.35. The average Bonchev–Trinajstić information content (AvgIpc) is 2.60. The van der Waals surface area contributed by atoms with Gasteiger partial charge in [-0.25, -0.2) is 9.59 Å². The number of esters is 1. The van der Waals surface area contributed by atoms with Crippen molar-refractivity contribution in [2.24, 2.45) is 5.92 Å². The van der Waals surface area contributed by atoms with E-state index in [-0.39, 0.29) is 16.2 Å². The molecule has 0 aliphatic heterocycles. The molecular formula is C24H38O4Si. The summed E-state index contributed by atoms with van der Waals surface area (Å²) in [4.78, 5) is 25.4. The molecule has 0 spiro atoms. The number of ether oxygens (including phenoxy) is 1. The highest BCUT2D eigenvalue weighted by molar-refractivity contribution is 6.75. The summed E-state index contributed by atoms with van der Waals surface area (Å²) in [6.45, 7) is 17.0. The molecule has 0 aliphatic rings. The summed E-state index contributed by atoms with van der Waals surface area (Å²) in [5.74, 6) is -0.444. The van der Waals surface area contributed by atoms with Crippen molar-refractivity contribution in [3.63, 3.8) is 0 Å². The van der Waals surface area contributed by atoms with E-state index in [4.69, 9.17) is 9.16 Å². The third-order valence-electron chi connectivity index (χ3n) is 5.58. The molecule has 1 rings (SSSR count). The van der Waals surface area contributed by atoms with Crippen molar-refractivity contribution in [3.05, 3.63) is 47.0 Å². The first-order chi connectivity index (χ1) is 13.3. The zero-order chi connectivity index (χ0) is 22.2. The number of hydrogen-bond acceptors (Lipinski definition) is 4. The predicted molar refractivity (Wildman–Crippen MR) is 122 cm³/mol. The quantitative estimate of drug-likeness (QED) is 0.252. The average molecular weight is 419 g/mol. The number of carbonyl (C=O) groups excluding carboxylic acids is 2. The molecule has 162 valence electrons. The van der Waals surface area contributed by atoms with Crippen molar-refractivity contribution >= 4 is 20.3 Å². The SMILES string of the molecule is CC(C)=CCCC(C)CCOC(=O)c1ccccc1C(=O)O[Si](C)(C)C(C)(C)C. The second-order valence-electron chi connectivity index (χ2n) is 9.58. The molecule has 0 amide bonds. The van der Waals surface area contributed by atoms with Crippen LogP contribution in [-0.2, 0) is 9.16 Å². The minimum absolute atomic E-state index is 0.0975. The minimum atomic E-state index is -2.28. The Bertz CT molecular complexity index is 725. The second kappa shape index (κ2) is 10.8. The maximum atomic E-state index is 12.8. The van der Waals surface area contributed by atoms with Gasteiger partial charge in [-0.3, -0.25) is 0 Å². The molecule has 1 unspecified atom stereocenters. The lowest BCUT2D eigenvalue weighted by atomic mass is 10.0. The van der Waals surface area contributed by atoms with Crippen molar-refractivity contribution < 1.29 is 18.8 Å². The highest BCUT2D eigenvalue weighted by atomic mass is 28.4. The van der Waals surface area contributed by atoms with Gasteiger partial charge in [0.2, 0.25) is 0 Å². The number of carbonyl (C=O) groups is 2. The monoisotopic (exact) mass is 418 g/mol. The van der Waals surface area contributed by atoms with Crippen LogP contribution in [-0.4, -0.2) is 26.9 Å². The van der Waals surface area contributed by atoms with Crippen molar-refractivity contribution in [2.75, 3.05) is 6.61 Å². The van der Waals surface area contributed by atoms with Gasteiger partial charge >= 0.3 is 11.9 Å². The second-order valence-corrected chi connectivity index (χ2v) is 14.3. The topological polar surface area (TPSA) is 52.6 Å². The van der Waals surface area contributed by atoms with Crippen molar-refractivity contribution in [1.82, 2.24) is 0 Å². The van der Waals surface area contributed by atoms with E-state index >= 15 is 0 Å². The highest BCUT2D eigenvalue weighted by Crippen LogP contribution is 2.37. The van der Waals surface area contributed by atoms with Gasteiger partial charge in [-0.2, -0.15) is 0 Å². The van der Waals surface area contributed by atoms with Gasteiger partial charge in [0.05, 0.1) is 17.7 Å². The first-order valence-electron chi connectivity index (χ1n) is 10.5. The fraction of sp³-hybridized carbons (Fsp3) is 0.583. The van der Waals surface area contributed by atoms with Gasteiger partial charge in [0.1, 0.15) is 0 Å². The maximum Gasteiger partial charge on any atom is 0.339 e. The molecule has 0 saturated heterocycles. The highest BCUT2D eigenvalue weighted by Gasteiger charge is 2.41. The molecule has 5 heteroatoms. The lowest BCUT2D eigenvalue weighted by Crippen LogP contribution is -2.42. The molecule has 0 saturated carbocycles. The molecule has 29 heavy (non-hydrogen) atoms. The van der Waals surface area contributed by atoms with Crippen LogP contribution >= 0.6 is 0 Å². The number of benzene rings is 1. The molecule has 0 aliphatic carbocycles. The summed E-state index contributed by atoms with van der Waals surface area (Å²) < 4.78 is 11.3. The van der Waals surface area contributed by atoms with Crippen LogP contribution in [0.2, 0.25) is 18.1 Å². The van der Waals surface area contributed by atoms with E-state index in [0.29, 0.717) is 12.5 Å². The Hall–Kier alpha value is -1.88. The van der Waals surface area contributed by atoms with Crippen molar-refractivity contribution in [3.8, 4) is 0 Å². The largest absolute Gasteiger partial charge is 0.516 e. The summed E-state index contributed by atoms with van der Waals surface area (Å²) in [7, 11) is -2.28. The van der Waals surface area contributed by atoms with E-state index in [2.05, 4.69) is 47.6 Å². The summed E-state index contributed by atoms with van der Waals surface area (Å²) in [6, 6.07) is 6.74. The van der Waals surface area contributed by atoms with Crippen LogP contribution in [0.5, 0.6) is 0 Å². The smallest absolute Gasteiger partial charge is 0.339 e. The fourth-order valence-corrected chi connectivity index (χ4v) is 3.39. The molecule has 0 heterocycles. The molecule has 0 bridgehead atoms. The molecular weight excluding hydrogens is 380 g/mol. The number of hydrogen-bond donors (Lipinski definition) is 0. The van der Waals surface area contributed by atoms with Crippen LogP contribution in [0.25, 0.3) is 0 Å². The van der Waals surface area contributed by atoms with Gasteiger partial charge in [-0.05, 0) is 69.3 Å².